The lowest BCUT2D eigenvalue weighted by Crippen LogP contribution is -2.30. The maximum absolute atomic E-state index is 13.5. The Labute approximate surface area is 104 Å². The van der Waals surface area contributed by atoms with Crippen LogP contribution in [0.1, 0.15) is 18.4 Å². The lowest BCUT2D eigenvalue weighted by Gasteiger charge is -2.06. The molecule has 0 atom stereocenters. The molecule has 18 heavy (non-hydrogen) atoms. The summed E-state index contributed by atoms with van der Waals surface area (Å²) in [7, 11) is 0. The highest BCUT2D eigenvalue weighted by atomic mass is 19.1. The molecule has 2 amide bonds. The number of rotatable bonds is 2. The fourth-order valence-electron chi connectivity index (χ4n) is 1.41. The maximum Gasteiger partial charge on any atom is 0.319 e. The quantitative estimate of drug-likeness (QED) is 0.694. The fourth-order valence-corrected chi connectivity index (χ4v) is 1.41. The molecule has 1 fully saturated rings. The van der Waals surface area contributed by atoms with Crippen molar-refractivity contribution < 1.29 is 14.3 Å². The molecule has 1 aliphatic rings. The first-order chi connectivity index (χ1) is 8.69. The van der Waals surface area contributed by atoms with Crippen LogP contribution in [0.15, 0.2) is 18.2 Å². The van der Waals surface area contributed by atoms with E-state index in [0.717, 1.165) is 12.8 Å². The van der Waals surface area contributed by atoms with Crippen molar-refractivity contribution in [2.45, 2.75) is 18.9 Å². The van der Waals surface area contributed by atoms with Crippen LogP contribution in [0.5, 0.6) is 0 Å². The van der Waals surface area contributed by atoms with E-state index in [4.69, 9.17) is 5.11 Å². The Hall–Kier alpha value is -2.06. The van der Waals surface area contributed by atoms with Crippen LogP contribution >= 0.6 is 0 Å². The Morgan fingerprint density at radius 3 is 2.89 bits per heavy atom. The third kappa shape index (κ3) is 3.47. The van der Waals surface area contributed by atoms with E-state index < -0.39 is 5.82 Å². The van der Waals surface area contributed by atoms with Crippen LogP contribution < -0.4 is 10.6 Å². The SMILES string of the molecule is O=C(Nc1ccc(C#CCO)c(F)c1)NC1CC1. The Morgan fingerprint density at radius 2 is 2.28 bits per heavy atom. The van der Waals surface area contributed by atoms with Gasteiger partial charge in [-0.25, -0.2) is 9.18 Å². The van der Waals surface area contributed by atoms with E-state index in [1.54, 1.807) is 6.07 Å². The Bertz CT molecular complexity index is 515. The van der Waals surface area contributed by atoms with Crippen LogP contribution in [0.2, 0.25) is 0 Å². The minimum Gasteiger partial charge on any atom is -0.384 e. The van der Waals surface area contributed by atoms with E-state index in [9.17, 15) is 9.18 Å². The van der Waals surface area contributed by atoms with Gasteiger partial charge in [0, 0.05) is 11.7 Å². The molecule has 1 saturated carbocycles. The lowest BCUT2D eigenvalue weighted by molar-refractivity contribution is 0.251. The molecule has 1 aromatic carbocycles. The van der Waals surface area contributed by atoms with E-state index >= 15 is 0 Å². The van der Waals surface area contributed by atoms with E-state index in [2.05, 4.69) is 22.5 Å². The largest absolute Gasteiger partial charge is 0.384 e. The summed E-state index contributed by atoms with van der Waals surface area (Å²) in [6.07, 6.45) is 1.99. The van der Waals surface area contributed by atoms with Gasteiger partial charge >= 0.3 is 6.03 Å². The molecule has 1 aliphatic carbocycles. The zero-order chi connectivity index (χ0) is 13.0. The summed E-state index contributed by atoms with van der Waals surface area (Å²) in [5.41, 5.74) is 0.567. The Balaban J connectivity index is 2.01. The number of nitrogens with one attached hydrogen (secondary N) is 2. The van der Waals surface area contributed by atoms with Crippen molar-refractivity contribution >= 4 is 11.7 Å². The van der Waals surface area contributed by atoms with Crippen LogP contribution in [0.3, 0.4) is 0 Å². The monoisotopic (exact) mass is 248 g/mol. The predicted octanol–water partition coefficient (Wildman–Crippen LogP) is 1.45. The van der Waals surface area contributed by atoms with Gasteiger partial charge in [-0.3, -0.25) is 0 Å². The minimum absolute atomic E-state index is 0.192. The summed E-state index contributed by atoms with van der Waals surface area (Å²) < 4.78 is 13.5. The highest BCUT2D eigenvalue weighted by molar-refractivity contribution is 5.89. The normalized spacial score (nSPS) is 13.4. The number of amides is 2. The first-order valence-corrected chi connectivity index (χ1v) is 5.66. The lowest BCUT2D eigenvalue weighted by atomic mass is 10.2. The first kappa shape index (κ1) is 12.4. The highest BCUT2D eigenvalue weighted by Crippen LogP contribution is 2.19. The zero-order valence-corrected chi connectivity index (χ0v) is 9.66. The second kappa shape index (κ2) is 5.52. The van der Waals surface area contributed by atoms with Gasteiger partial charge in [0.1, 0.15) is 12.4 Å². The molecule has 94 valence electrons. The fraction of sp³-hybridized carbons (Fsp3) is 0.308. The summed E-state index contributed by atoms with van der Waals surface area (Å²) in [5.74, 6) is 4.32. The van der Waals surface area contributed by atoms with Gasteiger partial charge in [-0.05, 0) is 31.0 Å². The van der Waals surface area contributed by atoms with Crippen LogP contribution in [0, 0.1) is 17.7 Å². The van der Waals surface area contributed by atoms with Crippen molar-refractivity contribution in [2.24, 2.45) is 0 Å². The van der Waals surface area contributed by atoms with Gasteiger partial charge in [0.2, 0.25) is 0 Å². The van der Waals surface area contributed by atoms with Crippen LogP contribution in [0.4, 0.5) is 14.9 Å². The van der Waals surface area contributed by atoms with Gasteiger partial charge in [-0.2, -0.15) is 0 Å². The molecule has 0 aliphatic heterocycles. The third-order valence-corrected chi connectivity index (χ3v) is 2.44. The van der Waals surface area contributed by atoms with E-state index in [-0.39, 0.29) is 24.2 Å². The predicted molar refractivity (Wildman–Crippen MR) is 65.5 cm³/mol. The standard InChI is InChI=1S/C13H13FN2O2/c14-12-8-11(4-3-9(12)2-1-7-17)16-13(18)15-10-5-6-10/h3-4,8,10,17H,5-7H2,(H2,15,16,18). The van der Waals surface area contributed by atoms with Crippen LogP contribution in [0.25, 0.3) is 0 Å². The first-order valence-electron chi connectivity index (χ1n) is 5.66. The van der Waals surface area contributed by atoms with Crippen LogP contribution in [-0.2, 0) is 0 Å². The molecule has 2 rings (SSSR count). The van der Waals surface area contributed by atoms with Gasteiger partial charge in [0.15, 0.2) is 0 Å². The van der Waals surface area contributed by atoms with Crippen molar-refractivity contribution in [3.63, 3.8) is 0 Å². The second-order valence-electron chi connectivity index (χ2n) is 4.03. The van der Waals surface area contributed by atoms with E-state index in [0.29, 0.717) is 5.69 Å². The number of aliphatic hydroxyl groups excluding tert-OH is 1. The number of hydrogen-bond donors (Lipinski definition) is 3. The maximum atomic E-state index is 13.5. The van der Waals surface area contributed by atoms with Crippen molar-refractivity contribution in [3.8, 4) is 11.8 Å². The highest BCUT2D eigenvalue weighted by Gasteiger charge is 2.23. The average Bonchev–Trinajstić information content (AvgIpc) is 3.12. The second-order valence-corrected chi connectivity index (χ2v) is 4.03. The van der Waals surface area contributed by atoms with Gasteiger partial charge in [0.25, 0.3) is 0 Å². The zero-order valence-electron chi connectivity index (χ0n) is 9.66. The molecular formula is C13H13FN2O2. The molecule has 0 heterocycles. The van der Waals surface area contributed by atoms with Crippen molar-refractivity contribution in [1.82, 2.24) is 5.32 Å². The van der Waals surface area contributed by atoms with Gasteiger partial charge < -0.3 is 15.7 Å². The summed E-state index contributed by atoms with van der Waals surface area (Å²) in [6.45, 7) is -0.316. The smallest absolute Gasteiger partial charge is 0.319 e. The van der Waals surface area contributed by atoms with Crippen molar-refractivity contribution in [3.05, 3.63) is 29.6 Å². The van der Waals surface area contributed by atoms with Crippen molar-refractivity contribution in [2.75, 3.05) is 11.9 Å². The third-order valence-electron chi connectivity index (χ3n) is 2.44. The average molecular weight is 248 g/mol. The van der Waals surface area contributed by atoms with Gasteiger partial charge in [0.05, 0.1) is 5.56 Å². The molecule has 0 spiro atoms. The summed E-state index contributed by atoms with van der Waals surface area (Å²) in [6, 6.07) is 4.16. The molecule has 0 saturated heterocycles. The number of hydrogen-bond acceptors (Lipinski definition) is 2. The molecule has 0 unspecified atom stereocenters. The molecular weight excluding hydrogens is 235 g/mol. The number of benzene rings is 1. The number of carbonyl (C=O) groups is 1. The van der Waals surface area contributed by atoms with E-state index in [1.807, 2.05) is 0 Å². The topological polar surface area (TPSA) is 61.4 Å². The summed E-state index contributed by atoms with van der Waals surface area (Å²) >= 11 is 0. The molecule has 3 N–H and O–H groups in total. The molecule has 1 aromatic rings. The van der Waals surface area contributed by atoms with Gasteiger partial charge in [-0.1, -0.05) is 11.8 Å². The van der Waals surface area contributed by atoms with E-state index in [1.165, 1.54) is 12.1 Å². The number of carbonyl (C=O) groups excluding carboxylic acids is 1. The minimum atomic E-state index is -0.528. The number of urea groups is 1. The number of anilines is 1. The summed E-state index contributed by atoms with van der Waals surface area (Å²) in [4.78, 5) is 11.4. The van der Waals surface area contributed by atoms with Crippen LogP contribution in [-0.4, -0.2) is 23.8 Å². The molecule has 4 nitrogen and oxygen atoms in total. The molecule has 5 heteroatoms. The Morgan fingerprint density at radius 1 is 1.50 bits per heavy atom. The number of aliphatic hydroxyl groups is 1. The summed E-state index contributed by atoms with van der Waals surface area (Å²) in [5, 5.41) is 13.8. The van der Waals surface area contributed by atoms with Crippen molar-refractivity contribution in [1.29, 1.82) is 0 Å². The molecule has 0 bridgehead atoms. The molecule has 0 radical (unpaired) electrons. The molecule has 0 aromatic heterocycles. The number of halogens is 1. The van der Waals surface area contributed by atoms with Gasteiger partial charge in [-0.15, -0.1) is 0 Å². The Kier molecular flexibility index (Phi) is 3.80.